The molecule has 0 saturated heterocycles. The molecule has 0 atom stereocenters. The highest BCUT2D eigenvalue weighted by molar-refractivity contribution is 6.02. The molecule has 1 amide bonds. The van der Waals surface area contributed by atoms with Gasteiger partial charge in [0.15, 0.2) is 0 Å². The summed E-state index contributed by atoms with van der Waals surface area (Å²) >= 11 is 0. The number of carbonyl (C=O) groups excluding carboxylic acids is 1. The van der Waals surface area contributed by atoms with E-state index >= 15 is 0 Å². The first kappa shape index (κ1) is 9.32. The molecule has 0 spiro atoms. The predicted molar refractivity (Wildman–Crippen MR) is 48.7 cm³/mol. The second-order valence-electron chi connectivity index (χ2n) is 2.70. The molecule has 5 nitrogen and oxygen atoms in total. The van der Waals surface area contributed by atoms with Crippen molar-refractivity contribution in [3.05, 3.63) is 42.0 Å². The van der Waals surface area contributed by atoms with Crippen molar-refractivity contribution in [1.29, 1.82) is 0 Å². The molecule has 0 aliphatic heterocycles. The Morgan fingerprint density at radius 1 is 1.33 bits per heavy atom. The van der Waals surface area contributed by atoms with Crippen LogP contribution in [0, 0.1) is 5.82 Å². The van der Waals surface area contributed by atoms with Crippen LogP contribution in [0.1, 0.15) is 10.4 Å². The number of halogens is 1. The zero-order valence-electron chi connectivity index (χ0n) is 7.48. The molecule has 0 unspecified atom stereocenters. The van der Waals surface area contributed by atoms with Crippen LogP contribution in [0.4, 0.5) is 10.4 Å². The van der Waals surface area contributed by atoms with E-state index in [0.717, 1.165) is 6.39 Å². The highest BCUT2D eigenvalue weighted by Gasteiger charge is 2.08. The van der Waals surface area contributed by atoms with Gasteiger partial charge in [0.1, 0.15) is 5.82 Å². The van der Waals surface area contributed by atoms with E-state index in [4.69, 9.17) is 4.42 Å². The van der Waals surface area contributed by atoms with Crippen LogP contribution in [-0.2, 0) is 0 Å². The molecule has 1 heterocycles. The highest BCUT2D eigenvalue weighted by Crippen LogP contribution is 2.06. The molecule has 2 rings (SSSR count). The first-order chi connectivity index (χ1) is 7.25. The van der Waals surface area contributed by atoms with Gasteiger partial charge < -0.3 is 4.42 Å². The SMILES string of the molecule is O=C(Nc1nnco1)c1ccc(F)cc1. The molecule has 1 N–H and O–H groups in total. The third-order valence-corrected chi connectivity index (χ3v) is 1.69. The number of hydrogen-bond acceptors (Lipinski definition) is 4. The maximum absolute atomic E-state index is 12.6. The number of rotatable bonds is 2. The van der Waals surface area contributed by atoms with Gasteiger partial charge in [-0.15, -0.1) is 5.10 Å². The Morgan fingerprint density at radius 3 is 2.67 bits per heavy atom. The molecule has 6 heteroatoms. The van der Waals surface area contributed by atoms with Gasteiger partial charge in [-0.25, -0.2) is 4.39 Å². The summed E-state index contributed by atoms with van der Waals surface area (Å²) in [5.74, 6) is -0.830. The number of hydrogen-bond donors (Lipinski definition) is 1. The van der Waals surface area contributed by atoms with Crippen LogP contribution in [0.25, 0.3) is 0 Å². The molecular weight excluding hydrogens is 201 g/mol. The lowest BCUT2D eigenvalue weighted by molar-refractivity contribution is 0.102. The Bertz CT molecular complexity index is 453. The van der Waals surface area contributed by atoms with Gasteiger partial charge in [0.2, 0.25) is 6.39 Å². The van der Waals surface area contributed by atoms with Crippen LogP contribution in [0.15, 0.2) is 35.1 Å². The monoisotopic (exact) mass is 207 g/mol. The molecule has 0 bridgehead atoms. The van der Waals surface area contributed by atoms with Crippen LogP contribution >= 0.6 is 0 Å². The fraction of sp³-hybridized carbons (Fsp3) is 0. The maximum atomic E-state index is 12.6. The largest absolute Gasteiger partial charge is 0.411 e. The third kappa shape index (κ3) is 2.16. The number of benzene rings is 1. The smallest absolute Gasteiger partial charge is 0.322 e. The van der Waals surface area contributed by atoms with Crippen LogP contribution < -0.4 is 5.32 Å². The topological polar surface area (TPSA) is 68.0 Å². The quantitative estimate of drug-likeness (QED) is 0.809. The van der Waals surface area contributed by atoms with Crippen LogP contribution in [0.5, 0.6) is 0 Å². The fourth-order valence-corrected chi connectivity index (χ4v) is 0.998. The lowest BCUT2D eigenvalue weighted by atomic mass is 10.2. The van der Waals surface area contributed by atoms with E-state index in [1.807, 2.05) is 0 Å². The number of carbonyl (C=O) groups is 1. The number of anilines is 1. The van der Waals surface area contributed by atoms with E-state index < -0.39 is 11.7 Å². The molecule has 0 aliphatic carbocycles. The zero-order chi connectivity index (χ0) is 10.7. The first-order valence-corrected chi connectivity index (χ1v) is 4.09. The summed E-state index contributed by atoms with van der Waals surface area (Å²) in [4.78, 5) is 11.5. The molecule has 0 fully saturated rings. The molecule has 1 aromatic heterocycles. The van der Waals surface area contributed by atoms with Crippen molar-refractivity contribution in [2.45, 2.75) is 0 Å². The van der Waals surface area contributed by atoms with Gasteiger partial charge >= 0.3 is 6.01 Å². The Morgan fingerprint density at radius 2 is 2.07 bits per heavy atom. The van der Waals surface area contributed by atoms with Gasteiger partial charge in [0, 0.05) is 5.56 Å². The van der Waals surface area contributed by atoms with Gasteiger partial charge in [-0.2, -0.15) is 0 Å². The van der Waals surface area contributed by atoms with Crippen molar-refractivity contribution in [2.75, 3.05) is 5.32 Å². The summed E-state index contributed by atoms with van der Waals surface area (Å²) in [5, 5.41) is 9.22. The highest BCUT2D eigenvalue weighted by atomic mass is 19.1. The van der Waals surface area contributed by atoms with E-state index in [9.17, 15) is 9.18 Å². The van der Waals surface area contributed by atoms with Crippen molar-refractivity contribution in [3.63, 3.8) is 0 Å². The molecule has 0 radical (unpaired) electrons. The van der Waals surface area contributed by atoms with E-state index in [1.165, 1.54) is 24.3 Å². The summed E-state index contributed by atoms with van der Waals surface area (Å²) in [5.41, 5.74) is 0.314. The summed E-state index contributed by atoms with van der Waals surface area (Å²) in [7, 11) is 0. The Kier molecular flexibility index (Phi) is 2.40. The molecular formula is C9H6FN3O2. The number of amides is 1. The summed E-state index contributed by atoms with van der Waals surface area (Å²) < 4.78 is 17.3. The summed E-state index contributed by atoms with van der Waals surface area (Å²) in [6.07, 6.45) is 1.10. The molecule has 0 aliphatic rings. The van der Waals surface area contributed by atoms with E-state index in [2.05, 4.69) is 15.5 Å². The Labute approximate surface area is 83.9 Å². The van der Waals surface area contributed by atoms with Gasteiger partial charge in [-0.1, -0.05) is 5.10 Å². The first-order valence-electron chi connectivity index (χ1n) is 4.09. The lowest BCUT2D eigenvalue weighted by Crippen LogP contribution is -2.11. The molecule has 15 heavy (non-hydrogen) atoms. The summed E-state index contributed by atoms with van der Waals surface area (Å²) in [6, 6.07) is 5.12. The minimum Gasteiger partial charge on any atom is -0.411 e. The van der Waals surface area contributed by atoms with Crippen molar-refractivity contribution in [3.8, 4) is 0 Å². The molecule has 2 aromatic rings. The van der Waals surface area contributed by atoms with E-state index in [1.54, 1.807) is 0 Å². The van der Waals surface area contributed by atoms with E-state index in [-0.39, 0.29) is 6.01 Å². The predicted octanol–water partition coefficient (Wildman–Crippen LogP) is 1.46. The minimum absolute atomic E-state index is 0.00400. The van der Waals surface area contributed by atoms with E-state index in [0.29, 0.717) is 5.56 Å². The lowest BCUT2D eigenvalue weighted by Gasteiger charge is -1.99. The Hall–Kier alpha value is -2.24. The second kappa shape index (κ2) is 3.87. The van der Waals surface area contributed by atoms with Crippen molar-refractivity contribution in [2.24, 2.45) is 0 Å². The molecule has 0 saturated carbocycles. The zero-order valence-corrected chi connectivity index (χ0v) is 7.48. The Balaban J connectivity index is 2.11. The fourth-order valence-electron chi connectivity index (χ4n) is 0.998. The van der Waals surface area contributed by atoms with Crippen molar-refractivity contribution < 1.29 is 13.6 Å². The standard InChI is InChI=1S/C9H6FN3O2/c10-7-3-1-6(2-4-7)8(14)12-9-13-11-5-15-9/h1-5H,(H,12,13,14). The van der Waals surface area contributed by atoms with Gasteiger partial charge in [0.25, 0.3) is 5.91 Å². The van der Waals surface area contributed by atoms with Gasteiger partial charge in [-0.05, 0) is 24.3 Å². The van der Waals surface area contributed by atoms with Gasteiger partial charge in [-0.3, -0.25) is 10.1 Å². The number of nitrogens with one attached hydrogen (secondary N) is 1. The molecule has 76 valence electrons. The number of aromatic nitrogens is 2. The normalized spacial score (nSPS) is 9.93. The minimum atomic E-state index is -0.431. The van der Waals surface area contributed by atoms with Crippen molar-refractivity contribution in [1.82, 2.24) is 10.2 Å². The van der Waals surface area contributed by atoms with Crippen molar-refractivity contribution >= 4 is 11.9 Å². The average molecular weight is 207 g/mol. The third-order valence-electron chi connectivity index (χ3n) is 1.69. The van der Waals surface area contributed by atoms with Crippen LogP contribution in [0.2, 0.25) is 0 Å². The molecule has 1 aromatic carbocycles. The second-order valence-corrected chi connectivity index (χ2v) is 2.70. The van der Waals surface area contributed by atoms with Gasteiger partial charge in [0.05, 0.1) is 0 Å². The maximum Gasteiger partial charge on any atom is 0.322 e. The number of nitrogens with zero attached hydrogens (tertiary/aromatic N) is 2. The average Bonchev–Trinajstić information content (AvgIpc) is 2.71. The summed E-state index contributed by atoms with van der Waals surface area (Å²) in [6.45, 7) is 0. The van der Waals surface area contributed by atoms with Crippen LogP contribution in [0.3, 0.4) is 0 Å². The van der Waals surface area contributed by atoms with Crippen LogP contribution in [-0.4, -0.2) is 16.1 Å².